The van der Waals surface area contributed by atoms with E-state index >= 15 is 0 Å². The molecule has 1 N–H and O–H groups in total. The molecule has 2 amide bonds. The molecular weight excluding hydrogens is 413 g/mol. The first-order valence-corrected chi connectivity index (χ1v) is 10.5. The molecule has 1 aliphatic heterocycles. The number of nitrogens with zero attached hydrogens (tertiary/aromatic N) is 4. The summed E-state index contributed by atoms with van der Waals surface area (Å²) in [4.78, 5) is 31.4. The maximum absolute atomic E-state index is 13.8. The lowest BCUT2D eigenvalue weighted by atomic mass is 10.2. The van der Waals surface area contributed by atoms with E-state index in [4.69, 9.17) is 4.74 Å². The van der Waals surface area contributed by atoms with Crippen LogP contribution < -0.4 is 5.32 Å². The van der Waals surface area contributed by atoms with Crippen molar-refractivity contribution >= 4 is 17.5 Å². The van der Waals surface area contributed by atoms with Crippen LogP contribution in [-0.4, -0.2) is 50.7 Å². The Morgan fingerprint density at radius 3 is 2.81 bits per heavy atom. The number of ether oxygens (including phenoxy) is 1. The van der Waals surface area contributed by atoms with Crippen molar-refractivity contribution in [1.82, 2.24) is 19.7 Å². The van der Waals surface area contributed by atoms with Crippen LogP contribution in [0.5, 0.6) is 0 Å². The lowest BCUT2D eigenvalue weighted by molar-refractivity contribution is -0.134. The minimum atomic E-state index is -0.605. The standard InChI is InChI=1S/C23H24FN5O3/c24-21-9-2-1-8-20(21)23(31)27-18-12-26-29(14-18)16-22(30)28(15-19-7-5-11-32-19)13-17-6-3-4-10-25-17/h1-4,6,8-10,12,14,19H,5,7,11,13,15-16H2,(H,27,31). The molecule has 1 saturated heterocycles. The van der Waals surface area contributed by atoms with Gasteiger partial charge in [0.05, 0.1) is 35.8 Å². The molecule has 3 heterocycles. The summed E-state index contributed by atoms with van der Waals surface area (Å²) in [6, 6.07) is 11.3. The lowest BCUT2D eigenvalue weighted by Crippen LogP contribution is -2.39. The molecule has 2 aromatic heterocycles. The number of benzene rings is 1. The number of carbonyl (C=O) groups is 2. The van der Waals surface area contributed by atoms with Crippen LogP contribution in [-0.2, 0) is 22.6 Å². The summed E-state index contributed by atoms with van der Waals surface area (Å²) in [6.07, 6.45) is 6.58. The average Bonchev–Trinajstić information content (AvgIpc) is 3.46. The smallest absolute Gasteiger partial charge is 0.258 e. The number of rotatable bonds is 8. The Labute approximate surface area is 185 Å². The number of carbonyl (C=O) groups excluding carboxylic acids is 2. The van der Waals surface area contributed by atoms with Gasteiger partial charge in [-0.25, -0.2) is 4.39 Å². The lowest BCUT2D eigenvalue weighted by Gasteiger charge is -2.25. The fraction of sp³-hybridized carbons (Fsp3) is 0.304. The third kappa shape index (κ3) is 5.55. The molecular formula is C23H24FN5O3. The highest BCUT2D eigenvalue weighted by molar-refractivity contribution is 6.04. The van der Waals surface area contributed by atoms with Gasteiger partial charge in [0.2, 0.25) is 5.91 Å². The Bertz CT molecular complexity index is 1070. The molecule has 0 radical (unpaired) electrons. The first-order valence-electron chi connectivity index (χ1n) is 10.5. The van der Waals surface area contributed by atoms with Gasteiger partial charge in [0.15, 0.2) is 0 Å². The first-order chi connectivity index (χ1) is 15.6. The summed E-state index contributed by atoms with van der Waals surface area (Å²) in [5.74, 6) is -1.32. The van der Waals surface area contributed by atoms with E-state index < -0.39 is 11.7 Å². The van der Waals surface area contributed by atoms with Crippen LogP contribution in [0.3, 0.4) is 0 Å². The Balaban J connectivity index is 1.41. The monoisotopic (exact) mass is 437 g/mol. The number of hydrogen-bond donors (Lipinski definition) is 1. The van der Waals surface area contributed by atoms with Crippen molar-refractivity contribution in [3.63, 3.8) is 0 Å². The van der Waals surface area contributed by atoms with Crippen molar-refractivity contribution in [2.75, 3.05) is 18.5 Å². The number of halogens is 1. The molecule has 0 saturated carbocycles. The zero-order chi connectivity index (χ0) is 22.3. The van der Waals surface area contributed by atoms with E-state index in [1.807, 2.05) is 18.2 Å². The second-order valence-corrected chi connectivity index (χ2v) is 7.59. The van der Waals surface area contributed by atoms with Gasteiger partial charge in [0.1, 0.15) is 12.4 Å². The van der Waals surface area contributed by atoms with Crippen molar-refractivity contribution in [1.29, 1.82) is 0 Å². The molecule has 0 bridgehead atoms. The zero-order valence-corrected chi connectivity index (χ0v) is 17.5. The van der Waals surface area contributed by atoms with E-state index in [9.17, 15) is 14.0 Å². The van der Waals surface area contributed by atoms with E-state index in [-0.39, 0.29) is 24.1 Å². The summed E-state index contributed by atoms with van der Waals surface area (Å²) in [6.45, 7) is 1.56. The SMILES string of the molecule is O=C(Nc1cnn(CC(=O)N(Cc2ccccn2)CC2CCCO2)c1)c1ccccc1F. The quantitative estimate of drug-likeness (QED) is 0.585. The van der Waals surface area contributed by atoms with E-state index in [0.29, 0.717) is 25.4 Å². The number of anilines is 1. The third-order valence-corrected chi connectivity index (χ3v) is 5.19. The summed E-state index contributed by atoms with van der Waals surface area (Å²) < 4.78 is 21.0. The van der Waals surface area contributed by atoms with E-state index in [2.05, 4.69) is 15.4 Å². The van der Waals surface area contributed by atoms with Gasteiger partial charge in [0.25, 0.3) is 5.91 Å². The molecule has 166 valence electrons. The largest absolute Gasteiger partial charge is 0.376 e. The zero-order valence-electron chi connectivity index (χ0n) is 17.5. The predicted octanol–water partition coefficient (Wildman–Crippen LogP) is 2.88. The van der Waals surface area contributed by atoms with Crippen LogP contribution >= 0.6 is 0 Å². The molecule has 1 atom stereocenters. The molecule has 3 aromatic rings. The first kappa shape index (κ1) is 21.6. The number of aromatic nitrogens is 3. The van der Waals surface area contributed by atoms with E-state index in [1.165, 1.54) is 29.1 Å². The van der Waals surface area contributed by atoms with Gasteiger partial charge in [-0.1, -0.05) is 18.2 Å². The van der Waals surface area contributed by atoms with Gasteiger partial charge in [-0.2, -0.15) is 5.10 Å². The van der Waals surface area contributed by atoms with Crippen molar-refractivity contribution in [3.8, 4) is 0 Å². The Morgan fingerprint density at radius 1 is 1.22 bits per heavy atom. The fourth-order valence-corrected chi connectivity index (χ4v) is 3.57. The fourth-order valence-electron chi connectivity index (χ4n) is 3.57. The molecule has 0 aliphatic carbocycles. The summed E-state index contributed by atoms with van der Waals surface area (Å²) in [5, 5.41) is 6.76. The highest BCUT2D eigenvalue weighted by Gasteiger charge is 2.23. The van der Waals surface area contributed by atoms with Gasteiger partial charge in [-0.15, -0.1) is 0 Å². The average molecular weight is 437 g/mol. The van der Waals surface area contributed by atoms with Crippen LogP contribution in [0.15, 0.2) is 61.1 Å². The Morgan fingerprint density at radius 2 is 2.06 bits per heavy atom. The van der Waals surface area contributed by atoms with Gasteiger partial charge >= 0.3 is 0 Å². The van der Waals surface area contributed by atoms with Gasteiger partial charge < -0.3 is 15.0 Å². The minimum Gasteiger partial charge on any atom is -0.376 e. The van der Waals surface area contributed by atoms with Crippen molar-refractivity contribution in [2.24, 2.45) is 0 Å². The molecule has 9 heteroatoms. The van der Waals surface area contributed by atoms with Crippen LogP contribution in [0.4, 0.5) is 10.1 Å². The number of hydrogen-bond acceptors (Lipinski definition) is 5. The molecule has 1 unspecified atom stereocenters. The topological polar surface area (TPSA) is 89.4 Å². The Kier molecular flexibility index (Phi) is 6.86. The summed E-state index contributed by atoms with van der Waals surface area (Å²) in [5.41, 5.74) is 1.10. The molecule has 8 nitrogen and oxygen atoms in total. The molecule has 1 aromatic carbocycles. The van der Waals surface area contributed by atoms with Crippen LogP contribution in [0.2, 0.25) is 0 Å². The van der Waals surface area contributed by atoms with Crippen LogP contribution in [0.1, 0.15) is 28.9 Å². The maximum Gasteiger partial charge on any atom is 0.258 e. The normalized spacial score (nSPS) is 15.5. The molecule has 1 aliphatic rings. The molecule has 1 fully saturated rings. The van der Waals surface area contributed by atoms with Crippen LogP contribution in [0.25, 0.3) is 0 Å². The second kappa shape index (κ2) is 10.1. The van der Waals surface area contributed by atoms with Crippen molar-refractivity contribution < 1.29 is 18.7 Å². The Hall–Kier alpha value is -3.59. The number of pyridine rings is 1. The van der Waals surface area contributed by atoms with E-state index in [0.717, 1.165) is 18.5 Å². The third-order valence-electron chi connectivity index (χ3n) is 5.19. The van der Waals surface area contributed by atoms with Crippen LogP contribution in [0, 0.1) is 5.82 Å². The second-order valence-electron chi connectivity index (χ2n) is 7.59. The minimum absolute atomic E-state index is 0.00484. The number of nitrogens with one attached hydrogen (secondary N) is 1. The number of amides is 2. The van der Waals surface area contributed by atoms with Gasteiger partial charge in [0, 0.05) is 25.5 Å². The predicted molar refractivity (Wildman–Crippen MR) is 115 cm³/mol. The van der Waals surface area contributed by atoms with Gasteiger partial charge in [-0.3, -0.25) is 19.3 Å². The maximum atomic E-state index is 13.8. The highest BCUT2D eigenvalue weighted by atomic mass is 19.1. The molecule has 4 rings (SSSR count). The van der Waals surface area contributed by atoms with Gasteiger partial charge in [-0.05, 0) is 37.1 Å². The molecule has 0 spiro atoms. The highest BCUT2D eigenvalue weighted by Crippen LogP contribution is 2.16. The van der Waals surface area contributed by atoms with Crippen molar-refractivity contribution in [3.05, 3.63) is 78.1 Å². The van der Waals surface area contributed by atoms with Crippen molar-refractivity contribution in [2.45, 2.75) is 32.0 Å². The summed E-state index contributed by atoms with van der Waals surface area (Å²) in [7, 11) is 0. The molecule has 32 heavy (non-hydrogen) atoms. The van der Waals surface area contributed by atoms with E-state index in [1.54, 1.807) is 23.4 Å². The summed E-state index contributed by atoms with van der Waals surface area (Å²) >= 11 is 0.